The molecule has 1 aromatic rings. The summed E-state index contributed by atoms with van der Waals surface area (Å²) in [4.78, 5) is 31.0. The molecule has 1 aliphatic carbocycles. The number of nitrogens with one attached hydrogen (secondary N) is 2. The molecule has 1 fully saturated rings. The average Bonchev–Trinajstić information content (AvgIpc) is 3.20. The van der Waals surface area contributed by atoms with Crippen molar-refractivity contribution in [3.05, 3.63) is 27.4 Å². The predicted molar refractivity (Wildman–Crippen MR) is 74.8 cm³/mol. The molecule has 0 aliphatic heterocycles. The molecule has 1 unspecified atom stereocenters. The Hall–Kier alpha value is -1.69. The lowest BCUT2D eigenvalue weighted by atomic mass is 10.2. The quantitative estimate of drug-likeness (QED) is 0.719. The highest BCUT2D eigenvalue weighted by Gasteiger charge is 2.28. The van der Waals surface area contributed by atoms with E-state index in [9.17, 15) is 14.7 Å². The first kappa shape index (κ1) is 14.7. The maximum absolute atomic E-state index is 12.0. The molecule has 0 aromatic carbocycles. The maximum Gasteiger partial charge on any atom is 0.264 e. The van der Waals surface area contributed by atoms with Crippen LogP contribution >= 0.6 is 0 Å². The highest BCUT2D eigenvalue weighted by atomic mass is 16.3. The lowest BCUT2D eigenvalue weighted by Crippen LogP contribution is -2.36. The summed E-state index contributed by atoms with van der Waals surface area (Å²) in [5, 5.41) is 12.2. The fraction of sp³-hybridized carbons (Fsp3) is 0.643. The Kier molecular flexibility index (Phi) is 4.54. The molecule has 1 amide bonds. The van der Waals surface area contributed by atoms with Gasteiger partial charge in [0.25, 0.3) is 11.5 Å². The normalized spacial score (nSPS) is 15.9. The van der Waals surface area contributed by atoms with E-state index in [0.29, 0.717) is 23.9 Å². The predicted octanol–water partition coefficient (Wildman–Crippen LogP) is 0.847. The van der Waals surface area contributed by atoms with Crippen LogP contribution in [0, 0.1) is 6.92 Å². The van der Waals surface area contributed by atoms with Gasteiger partial charge in [0.05, 0.1) is 11.8 Å². The highest BCUT2D eigenvalue weighted by molar-refractivity contribution is 5.94. The molecule has 1 aliphatic rings. The number of amides is 1. The minimum Gasteiger partial charge on any atom is -0.391 e. The number of nitrogens with zero attached hydrogens (tertiary/aromatic N) is 1. The summed E-state index contributed by atoms with van der Waals surface area (Å²) in [6, 6.07) is 0. The van der Waals surface area contributed by atoms with Gasteiger partial charge in [-0.25, -0.2) is 4.98 Å². The second-order valence-electron chi connectivity index (χ2n) is 5.34. The number of H-pyrrole nitrogens is 1. The molecule has 0 radical (unpaired) electrons. The van der Waals surface area contributed by atoms with Crippen molar-refractivity contribution in [2.45, 2.75) is 51.6 Å². The molecule has 2 rings (SSSR count). The second kappa shape index (κ2) is 6.17. The third kappa shape index (κ3) is 3.45. The van der Waals surface area contributed by atoms with Gasteiger partial charge >= 0.3 is 0 Å². The highest BCUT2D eigenvalue weighted by Crippen LogP contribution is 2.37. The molecule has 1 aromatic heterocycles. The number of aryl methyl sites for hydroxylation is 1. The van der Waals surface area contributed by atoms with Gasteiger partial charge < -0.3 is 15.4 Å². The largest absolute Gasteiger partial charge is 0.391 e. The fourth-order valence-corrected chi connectivity index (χ4v) is 2.16. The van der Waals surface area contributed by atoms with Gasteiger partial charge in [-0.05, 0) is 26.2 Å². The van der Waals surface area contributed by atoms with Crippen molar-refractivity contribution >= 4 is 5.91 Å². The van der Waals surface area contributed by atoms with E-state index in [0.717, 1.165) is 19.3 Å². The van der Waals surface area contributed by atoms with Crippen molar-refractivity contribution in [3.8, 4) is 0 Å². The van der Waals surface area contributed by atoms with Gasteiger partial charge in [-0.2, -0.15) is 0 Å². The van der Waals surface area contributed by atoms with Crippen molar-refractivity contribution in [1.82, 2.24) is 15.3 Å². The van der Waals surface area contributed by atoms with E-state index in [4.69, 9.17) is 0 Å². The summed E-state index contributed by atoms with van der Waals surface area (Å²) in [7, 11) is 0. The molecule has 3 N–H and O–H groups in total. The molecule has 0 saturated heterocycles. The van der Waals surface area contributed by atoms with E-state index in [2.05, 4.69) is 15.3 Å². The molecule has 110 valence electrons. The van der Waals surface area contributed by atoms with Crippen molar-refractivity contribution in [2.24, 2.45) is 0 Å². The summed E-state index contributed by atoms with van der Waals surface area (Å²) >= 11 is 0. The van der Waals surface area contributed by atoms with Crippen LogP contribution in [-0.2, 0) is 0 Å². The zero-order chi connectivity index (χ0) is 14.7. The van der Waals surface area contributed by atoms with Crippen LogP contribution in [0.3, 0.4) is 0 Å². The molecule has 1 heterocycles. The number of aromatic nitrogens is 2. The molecule has 6 heteroatoms. The van der Waals surface area contributed by atoms with Gasteiger partial charge in [0.1, 0.15) is 11.4 Å². The standard InChI is InChI=1S/C14H21N3O3/c1-3-4-10(18)7-15-13(19)11-8(2)16-12(9-5-6-9)17-14(11)20/h9-10,18H,3-7H2,1-2H3,(H,15,19)(H,16,17,20). The van der Waals surface area contributed by atoms with Crippen LogP contribution in [0.25, 0.3) is 0 Å². The maximum atomic E-state index is 12.0. The average molecular weight is 279 g/mol. The van der Waals surface area contributed by atoms with E-state index in [1.165, 1.54) is 0 Å². The first-order chi connectivity index (χ1) is 9.52. The van der Waals surface area contributed by atoms with Crippen LogP contribution in [0.15, 0.2) is 4.79 Å². The molecule has 1 atom stereocenters. The number of hydrogen-bond acceptors (Lipinski definition) is 4. The second-order valence-corrected chi connectivity index (χ2v) is 5.34. The van der Waals surface area contributed by atoms with Crippen molar-refractivity contribution in [2.75, 3.05) is 6.54 Å². The third-order valence-corrected chi connectivity index (χ3v) is 3.43. The van der Waals surface area contributed by atoms with E-state index in [1.54, 1.807) is 6.92 Å². The first-order valence-corrected chi connectivity index (χ1v) is 7.10. The van der Waals surface area contributed by atoms with Gasteiger partial charge in [-0.1, -0.05) is 13.3 Å². The molecule has 6 nitrogen and oxygen atoms in total. The summed E-state index contributed by atoms with van der Waals surface area (Å²) in [5.74, 6) is 0.536. The van der Waals surface area contributed by atoms with Gasteiger partial charge in [0, 0.05) is 12.5 Å². The van der Waals surface area contributed by atoms with Crippen molar-refractivity contribution < 1.29 is 9.90 Å². The van der Waals surface area contributed by atoms with Crippen molar-refractivity contribution in [1.29, 1.82) is 0 Å². The Bertz CT molecular complexity index is 549. The van der Waals surface area contributed by atoms with Crippen LogP contribution in [0.2, 0.25) is 0 Å². The Labute approximate surface area is 117 Å². The van der Waals surface area contributed by atoms with E-state index in [1.807, 2.05) is 6.92 Å². The molecule has 20 heavy (non-hydrogen) atoms. The summed E-state index contributed by atoms with van der Waals surface area (Å²) in [6.07, 6.45) is 2.96. The first-order valence-electron chi connectivity index (χ1n) is 7.10. The SMILES string of the molecule is CCCC(O)CNC(=O)c1c(C)nc(C2CC2)[nH]c1=O. The summed E-state index contributed by atoms with van der Waals surface area (Å²) in [5.41, 5.74) is 0.0816. The van der Waals surface area contributed by atoms with Gasteiger partial charge in [0.2, 0.25) is 0 Å². The van der Waals surface area contributed by atoms with E-state index >= 15 is 0 Å². The number of hydrogen-bond donors (Lipinski definition) is 3. The summed E-state index contributed by atoms with van der Waals surface area (Å²) in [6.45, 7) is 3.77. The topological polar surface area (TPSA) is 95.1 Å². The van der Waals surface area contributed by atoms with E-state index in [-0.39, 0.29) is 12.1 Å². The zero-order valence-corrected chi connectivity index (χ0v) is 11.9. The zero-order valence-electron chi connectivity index (χ0n) is 11.9. The van der Waals surface area contributed by atoms with Crippen LogP contribution < -0.4 is 10.9 Å². The number of aliphatic hydroxyl groups excluding tert-OH is 1. The van der Waals surface area contributed by atoms with Crippen LogP contribution in [0.5, 0.6) is 0 Å². The molecule has 1 saturated carbocycles. The minimum atomic E-state index is -0.581. The lowest BCUT2D eigenvalue weighted by Gasteiger charge is -2.11. The Morgan fingerprint density at radius 1 is 1.55 bits per heavy atom. The van der Waals surface area contributed by atoms with E-state index < -0.39 is 17.6 Å². The van der Waals surface area contributed by atoms with Crippen LogP contribution in [0.4, 0.5) is 0 Å². The number of carbonyl (C=O) groups is 1. The third-order valence-electron chi connectivity index (χ3n) is 3.43. The summed E-state index contributed by atoms with van der Waals surface area (Å²) < 4.78 is 0. The lowest BCUT2D eigenvalue weighted by molar-refractivity contribution is 0.0907. The molecule has 0 spiro atoms. The Balaban J connectivity index is 2.07. The number of carbonyl (C=O) groups excluding carboxylic acids is 1. The fourth-order valence-electron chi connectivity index (χ4n) is 2.16. The Morgan fingerprint density at radius 3 is 2.80 bits per heavy atom. The van der Waals surface area contributed by atoms with Crippen LogP contribution in [0.1, 0.15) is 60.4 Å². The smallest absolute Gasteiger partial charge is 0.264 e. The van der Waals surface area contributed by atoms with Crippen LogP contribution in [-0.4, -0.2) is 33.6 Å². The minimum absolute atomic E-state index is 0.0399. The van der Waals surface area contributed by atoms with Gasteiger partial charge in [0.15, 0.2) is 0 Å². The molecular formula is C14H21N3O3. The number of aromatic amines is 1. The Morgan fingerprint density at radius 2 is 2.25 bits per heavy atom. The van der Waals surface area contributed by atoms with Crippen molar-refractivity contribution in [3.63, 3.8) is 0 Å². The van der Waals surface area contributed by atoms with Gasteiger partial charge in [-0.15, -0.1) is 0 Å². The number of aliphatic hydroxyl groups is 1. The molecular weight excluding hydrogens is 258 g/mol. The van der Waals surface area contributed by atoms with Gasteiger partial charge in [-0.3, -0.25) is 9.59 Å². The monoisotopic (exact) mass is 279 g/mol. The molecule has 0 bridgehead atoms. The number of rotatable bonds is 6.